The average Bonchev–Trinajstić information content (AvgIpc) is 2.50. The van der Waals surface area contributed by atoms with E-state index in [1.807, 2.05) is 0 Å². The summed E-state index contributed by atoms with van der Waals surface area (Å²) in [6, 6.07) is 5.43. The van der Waals surface area contributed by atoms with E-state index in [1.54, 1.807) is 23.2 Å². The second kappa shape index (κ2) is 6.48. The van der Waals surface area contributed by atoms with Gasteiger partial charge in [0.2, 0.25) is 0 Å². The Morgan fingerprint density at radius 1 is 1.14 bits per heavy atom. The molecule has 2 saturated heterocycles. The summed E-state index contributed by atoms with van der Waals surface area (Å²) in [4.78, 5) is 6.36. The first kappa shape index (κ1) is 14.4. The van der Waals surface area contributed by atoms with Crippen molar-refractivity contribution in [1.82, 2.24) is 0 Å². The molecule has 2 aliphatic rings. The number of piperidine rings is 2. The van der Waals surface area contributed by atoms with Gasteiger partial charge in [-0.25, -0.2) is 0 Å². The largest absolute Gasteiger partial charge is 0.508 e. The van der Waals surface area contributed by atoms with Crippen molar-refractivity contribution in [3.05, 3.63) is 23.8 Å². The maximum atomic E-state index is 9.76. The lowest BCUT2D eigenvalue weighted by Gasteiger charge is -2.40. The zero-order valence-electron chi connectivity index (χ0n) is 12.5. The highest BCUT2D eigenvalue weighted by atomic mass is 16.3. The van der Waals surface area contributed by atoms with Crippen LogP contribution in [-0.2, 0) is 0 Å². The number of rotatable bonds is 3. The molecule has 0 saturated carbocycles. The van der Waals surface area contributed by atoms with E-state index in [4.69, 9.17) is 0 Å². The first-order chi connectivity index (χ1) is 10.2. The number of phenols is 2. The number of nitrogens with zero attached hydrogens (tertiary/aromatic N) is 1. The Morgan fingerprint density at radius 3 is 2.86 bits per heavy atom. The standard InChI is InChI=1S/C17H24N2O2/c20-15-7-6-14(17(21)10-15)12-18-11-13-4-3-9-19-8-2-1-5-16(13)19/h6-7,10,12-13,16,20-21H,1-5,8-9,11H2/p+1/t13-,16-/m1/s1. The van der Waals surface area contributed by atoms with Crippen molar-refractivity contribution >= 4 is 6.21 Å². The molecule has 0 aromatic heterocycles. The van der Waals surface area contributed by atoms with Crippen LogP contribution in [0.3, 0.4) is 0 Å². The van der Waals surface area contributed by atoms with Gasteiger partial charge in [0, 0.05) is 30.3 Å². The maximum Gasteiger partial charge on any atom is 0.128 e. The third kappa shape index (κ3) is 3.38. The van der Waals surface area contributed by atoms with Crippen LogP contribution in [0.25, 0.3) is 0 Å². The fourth-order valence-corrected chi connectivity index (χ4v) is 3.92. The summed E-state index contributed by atoms with van der Waals surface area (Å²) in [5.41, 5.74) is 0.677. The van der Waals surface area contributed by atoms with Crippen molar-refractivity contribution in [2.75, 3.05) is 19.6 Å². The summed E-state index contributed by atoms with van der Waals surface area (Å²) in [5, 5.41) is 19.0. The topological polar surface area (TPSA) is 57.3 Å². The van der Waals surface area contributed by atoms with E-state index in [9.17, 15) is 10.2 Å². The molecule has 1 unspecified atom stereocenters. The molecule has 1 aromatic rings. The van der Waals surface area contributed by atoms with E-state index >= 15 is 0 Å². The summed E-state index contributed by atoms with van der Waals surface area (Å²) in [5.74, 6) is 0.857. The number of phenolic OH excluding ortho intramolecular Hbond substituents is 2. The number of hydrogen-bond acceptors (Lipinski definition) is 3. The fourth-order valence-electron chi connectivity index (χ4n) is 3.92. The van der Waals surface area contributed by atoms with E-state index in [1.165, 1.54) is 51.3 Å². The van der Waals surface area contributed by atoms with Gasteiger partial charge < -0.3 is 15.1 Å². The maximum absolute atomic E-state index is 9.76. The lowest BCUT2D eigenvalue weighted by atomic mass is 9.83. The van der Waals surface area contributed by atoms with Crippen LogP contribution in [-0.4, -0.2) is 42.1 Å². The van der Waals surface area contributed by atoms with Crippen LogP contribution in [0, 0.1) is 5.92 Å². The minimum atomic E-state index is 0.0818. The molecule has 114 valence electrons. The van der Waals surface area contributed by atoms with Crippen molar-refractivity contribution in [2.24, 2.45) is 10.9 Å². The molecule has 0 bridgehead atoms. The van der Waals surface area contributed by atoms with E-state index in [0.29, 0.717) is 11.5 Å². The monoisotopic (exact) mass is 289 g/mol. The molecular formula is C17H25N2O2+. The number of nitrogens with one attached hydrogen (secondary N) is 1. The third-order valence-electron chi connectivity index (χ3n) is 5.01. The number of aromatic hydroxyl groups is 2. The van der Waals surface area contributed by atoms with E-state index in [-0.39, 0.29) is 11.5 Å². The van der Waals surface area contributed by atoms with Gasteiger partial charge >= 0.3 is 0 Å². The smallest absolute Gasteiger partial charge is 0.128 e. The Labute approximate surface area is 126 Å². The molecule has 0 radical (unpaired) electrons. The molecule has 0 aliphatic carbocycles. The number of benzene rings is 1. The van der Waals surface area contributed by atoms with Gasteiger partial charge in [-0.2, -0.15) is 0 Å². The van der Waals surface area contributed by atoms with E-state index in [0.717, 1.165) is 12.6 Å². The molecule has 21 heavy (non-hydrogen) atoms. The SMILES string of the molecule is Oc1ccc(C=NC[C@H]2CCC[NH+]3CCCC[C@H]23)c(O)c1. The van der Waals surface area contributed by atoms with Crippen LogP contribution in [0.2, 0.25) is 0 Å². The fraction of sp³-hybridized carbons (Fsp3) is 0.588. The predicted molar refractivity (Wildman–Crippen MR) is 83.3 cm³/mol. The summed E-state index contributed by atoms with van der Waals surface area (Å²) in [7, 11) is 0. The second-order valence-electron chi connectivity index (χ2n) is 6.40. The first-order valence-corrected chi connectivity index (χ1v) is 8.10. The zero-order valence-corrected chi connectivity index (χ0v) is 12.5. The van der Waals surface area contributed by atoms with Gasteiger partial charge in [0.15, 0.2) is 0 Å². The van der Waals surface area contributed by atoms with Gasteiger partial charge in [0.1, 0.15) is 11.5 Å². The Hall–Kier alpha value is -1.55. The highest BCUT2D eigenvalue weighted by Crippen LogP contribution is 2.22. The minimum absolute atomic E-state index is 0.0818. The highest BCUT2D eigenvalue weighted by Gasteiger charge is 2.36. The highest BCUT2D eigenvalue weighted by molar-refractivity contribution is 5.83. The average molecular weight is 289 g/mol. The number of fused-ring (bicyclic) bond motifs is 1. The molecule has 2 heterocycles. The predicted octanol–water partition coefficient (Wildman–Crippen LogP) is 1.36. The van der Waals surface area contributed by atoms with Crippen LogP contribution >= 0.6 is 0 Å². The minimum Gasteiger partial charge on any atom is -0.508 e. The Balaban J connectivity index is 1.62. The van der Waals surface area contributed by atoms with Crippen molar-refractivity contribution in [1.29, 1.82) is 0 Å². The molecule has 3 N–H and O–H groups in total. The van der Waals surface area contributed by atoms with Crippen molar-refractivity contribution in [2.45, 2.75) is 38.1 Å². The summed E-state index contributed by atoms with van der Waals surface area (Å²) in [6.07, 6.45) is 8.44. The Bertz CT molecular complexity index is 514. The van der Waals surface area contributed by atoms with Crippen molar-refractivity contribution in [3.63, 3.8) is 0 Å². The van der Waals surface area contributed by atoms with Crippen molar-refractivity contribution in [3.8, 4) is 11.5 Å². The Kier molecular flexibility index (Phi) is 4.44. The zero-order chi connectivity index (χ0) is 14.7. The normalized spacial score (nSPS) is 29.4. The van der Waals surface area contributed by atoms with Crippen LogP contribution in [0.4, 0.5) is 0 Å². The molecular weight excluding hydrogens is 264 g/mol. The molecule has 2 fully saturated rings. The quantitative estimate of drug-likeness (QED) is 0.736. The van der Waals surface area contributed by atoms with Crippen LogP contribution in [0.1, 0.15) is 37.7 Å². The van der Waals surface area contributed by atoms with Gasteiger partial charge in [0.05, 0.1) is 19.1 Å². The van der Waals surface area contributed by atoms with Crippen LogP contribution < -0.4 is 4.90 Å². The molecule has 3 atom stereocenters. The van der Waals surface area contributed by atoms with Crippen LogP contribution in [0.15, 0.2) is 23.2 Å². The number of aliphatic imine (C=N–C) groups is 1. The molecule has 4 nitrogen and oxygen atoms in total. The van der Waals surface area contributed by atoms with E-state index < -0.39 is 0 Å². The Morgan fingerprint density at radius 2 is 2.00 bits per heavy atom. The molecule has 3 rings (SSSR count). The van der Waals surface area contributed by atoms with Gasteiger partial charge in [-0.1, -0.05) is 0 Å². The molecule has 0 amide bonds. The number of quaternary nitrogens is 1. The van der Waals surface area contributed by atoms with Crippen molar-refractivity contribution < 1.29 is 15.1 Å². The number of hydrogen-bond donors (Lipinski definition) is 3. The lowest BCUT2D eigenvalue weighted by Crippen LogP contribution is -3.18. The van der Waals surface area contributed by atoms with E-state index in [2.05, 4.69) is 4.99 Å². The van der Waals surface area contributed by atoms with Crippen LogP contribution in [0.5, 0.6) is 11.5 Å². The first-order valence-electron chi connectivity index (χ1n) is 8.10. The summed E-state index contributed by atoms with van der Waals surface area (Å²) >= 11 is 0. The van der Waals surface area contributed by atoms with Gasteiger partial charge in [-0.15, -0.1) is 0 Å². The summed E-state index contributed by atoms with van der Waals surface area (Å²) < 4.78 is 0. The molecule has 0 spiro atoms. The molecule has 1 aromatic carbocycles. The van der Waals surface area contributed by atoms with Gasteiger partial charge in [-0.05, 0) is 44.2 Å². The second-order valence-corrected chi connectivity index (χ2v) is 6.40. The van der Waals surface area contributed by atoms with Gasteiger partial charge in [0.25, 0.3) is 0 Å². The lowest BCUT2D eigenvalue weighted by molar-refractivity contribution is -0.939. The third-order valence-corrected chi connectivity index (χ3v) is 5.01. The summed E-state index contributed by atoms with van der Waals surface area (Å²) in [6.45, 7) is 3.53. The molecule has 2 aliphatic heterocycles. The molecule has 4 heteroatoms. The van der Waals surface area contributed by atoms with Gasteiger partial charge in [-0.3, -0.25) is 4.99 Å².